The standard InChI is InChI=1S/C19H17N3O2/c1-13-10-14(2)12-16(11-13)18-21-22-19(24-18)20-17(23)9-8-15-6-4-3-5-7-15/h3-12H,1-2H3,(H,20,22,23). The number of nitrogens with zero attached hydrogens (tertiary/aromatic N) is 2. The molecule has 0 atom stereocenters. The van der Waals surface area contributed by atoms with Crippen molar-refractivity contribution < 1.29 is 9.21 Å². The molecule has 1 heterocycles. The van der Waals surface area contributed by atoms with Gasteiger partial charge in [0, 0.05) is 11.6 Å². The molecule has 5 heteroatoms. The maximum absolute atomic E-state index is 11.9. The zero-order valence-electron chi connectivity index (χ0n) is 13.5. The lowest BCUT2D eigenvalue weighted by Gasteiger charge is -2.00. The number of hydrogen-bond donors (Lipinski definition) is 1. The molecule has 3 rings (SSSR count). The summed E-state index contributed by atoms with van der Waals surface area (Å²) in [6, 6.07) is 15.6. The summed E-state index contributed by atoms with van der Waals surface area (Å²) in [5.41, 5.74) is 3.99. The SMILES string of the molecule is Cc1cc(C)cc(-c2nnc(NC(=O)C=Cc3ccccc3)o2)c1. The predicted octanol–water partition coefficient (Wildman–Crippen LogP) is 4.01. The number of anilines is 1. The van der Waals surface area contributed by atoms with Crippen LogP contribution >= 0.6 is 0 Å². The highest BCUT2D eigenvalue weighted by Crippen LogP contribution is 2.22. The number of carbonyl (C=O) groups is 1. The Balaban J connectivity index is 1.69. The molecule has 0 saturated carbocycles. The van der Waals surface area contributed by atoms with E-state index >= 15 is 0 Å². The fourth-order valence-corrected chi connectivity index (χ4v) is 2.37. The van der Waals surface area contributed by atoms with Gasteiger partial charge in [0.25, 0.3) is 5.91 Å². The van der Waals surface area contributed by atoms with E-state index in [1.54, 1.807) is 6.08 Å². The highest BCUT2D eigenvalue weighted by atomic mass is 16.4. The maximum atomic E-state index is 11.9. The van der Waals surface area contributed by atoms with Crippen LogP contribution < -0.4 is 5.32 Å². The van der Waals surface area contributed by atoms with Crippen molar-refractivity contribution in [3.8, 4) is 11.5 Å². The summed E-state index contributed by atoms with van der Waals surface area (Å²) in [6.45, 7) is 4.01. The fraction of sp³-hybridized carbons (Fsp3) is 0.105. The van der Waals surface area contributed by atoms with E-state index in [1.807, 2.05) is 56.3 Å². The summed E-state index contributed by atoms with van der Waals surface area (Å²) in [4.78, 5) is 11.9. The quantitative estimate of drug-likeness (QED) is 0.738. The Labute approximate surface area is 140 Å². The summed E-state index contributed by atoms with van der Waals surface area (Å²) in [7, 11) is 0. The number of carbonyl (C=O) groups excluding carboxylic acids is 1. The van der Waals surface area contributed by atoms with Crippen LogP contribution in [0.2, 0.25) is 0 Å². The van der Waals surface area contributed by atoms with E-state index in [0.29, 0.717) is 5.89 Å². The molecule has 5 nitrogen and oxygen atoms in total. The van der Waals surface area contributed by atoms with Crippen molar-refractivity contribution in [3.63, 3.8) is 0 Å². The van der Waals surface area contributed by atoms with Gasteiger partial charge < -0.3 is 4.42 Å². The van der Waals surface area contributed by atoms with E-state index < -0.39 is 0 Å². The molecule has 0 spiro atoms. The van der Waals surface area contributed by atoms with Gasteiger partial charge in [-0.05, 0) is 37.6 Å². The van der Waals surface area contributed by atoms with Gasteiger partial charge >= 0.3 is 6.01 Å². The second kappa shape index (κ2) is 6.91. The number of rotatable bonds is 4. The van der Waals surface area contributed by atoms with Gasteiger partial charge in [0.1, 0.15) is 0 Å². The van der Waals surface area contributed by atoms with E-state index in [-0.39, 0.29) is 11.9 Å². The van der Waals surface area contributed by atoms with Crippen LogP contribution in [0.25, 0.3) is 17.5 Å². The molecule has 1 aromatic heterocycles. The van der Waals surface area contributed by atoms with Crippen molar-refractivity contribution in [1.29, 1.82) is 0 Å². The minimum Gasteiger partial charge on any atom is -0.403 e. The average Bonchev–Trinajstić information content (AvgIpc) is 3.01. The molecule has 0 aliphatic rings. The Hall–Kier alpha value is -3.21. The monoisotopic (exact) mass is 319 g/mol. The number of aromatic nitrogens is 2. The summed E-state index contributed by atoms with van der Waals surface area (Å²) in [5, 5.41) is 10.4. The van der Waals surface area contributed by atoms with Crippen molar-refractivity contribution in [2.75, 3.05) is 5.32 Å². The molecule has 24 heavy (non-hydrogen) atoms. The third-order valence-corrected chi connectivity index (χ3v) is 3.35. The van der Waals surface area contributed by atoms with Crippen molar-refractivity contribution in [1.82, 2.24) is 10.2 Å². The maximum Gasteiger partial charge on any atom is 0.322 e. The molecule has 1 N–H and O–H groups in total. The Morgan fingerprint density at radius 2 is 1.75 bits per heavy atom. The lowest BCUT2D eigenvalue weighted by atomic mass is 10.1. The number of hydrogen-bond acceptors (Lipinski definition) is 4. The van der Waals surface area contributed by atoms with Crippen LogP contribution in [0.4, 0.5) is 6.01 Å². The lowest BCUT2D eigenvalue weighted by molar-refractivity contribution is -0.112. The van der Waals surface area contributed by atoms with Crippen molar-refractivity contribution >= 4 is 18.0 Å². The number of amides is 1. The van der Waals surface area contributed by atoms with Crippen molar-refractivity contribution in [2.45, 2.75) is 13.8 Å². The minimum atomic E-state index is -0.325. The zero-order chi connectivity index (χ0) is 16.9. The second-order valence-corrected chi connectivity index (χ2v) is 5.52. The van der Waals surface area contributed by atoms with Crippen LogP contribution in [-0.2, 0) is 4.79 Å². The number of aryl methyl sites for hydroxylation is 2. The largest absolute Gasteiger partial charge is 0.403 e. The van der Waals surface area contributed by atoms with Gasteiger partial charge in [0.15, 0.2) is 0 Å². The average molecular weight is 319 g/mol. The van der Waals surface area contributed by atoms with E-state index in [1.165, 1.54) is 6.08 Å². The molecule has 0 saturated heterocycles. The highest BCUT2D eigenvalue weighted by Gasteiger charge is 2.10. The van der Waals surface area contributed by atoms with Crippen LogP contribution in [0, 0.1) is 13.8 Å². The summed E-state index contributed by atoms with van der Waals surface area (Å²) in [5.74, 6) is 0.0543. The molecule has 3 aromatic rings. The highest BCUT2D eigenvalue weighted by molar-refractivity contribution is 6.00. The van der Waals surface area contributed by atoms with Crippen LogP contribution in [0.3, 0.4) is 0 Å². The summed E-state index contributed by atoms with van der Waals surface area (Å²) in [6.07, 6.45) is 3.15. The molecule has 0 unspecified atom stereocenters. The smallest absolute Gasteiger partial charge is 0.322 e. The summed E-state index contributed by atoms with van der Waals surface area (Å²) >= 11 is 0. The topological polar surface area (TPSA) is 68.0 Å². The molecule has 120 valence electrons. The van der Waals surface area contributed by atoms with Gasteiger partial charge in [0.05, 0.1) is 0 Å². The van der Waals surface area contributed by atoms with E-state index in [2.05, 4.69) is 21.6 Å². The molecule has 0 radical (unpaired) electrons. The molecule has 0 fully saturated rings. The molecule has 0 aliphatic carbocycles. The minimum absolute atomic E-state index is 0.0758. The van der Waals surface area contributed by atoms with Crippen LogP contribution in [-0.4, -0.2) is 16.1 Å². The molecule has 0 bridgehead atoms. The van der Waals surface area contributed by atoms with E-state index in [9.17, 15) is 4.79 Å². The lowest BCUT2D eigenvalue weighted by Crippen LogP contribution is -2.07. The predicted molar refractivity (Wildman–Crippen MR) is 93.3 cm³/mol. The molecular formula is C19H17N3O2. The van der Waals surface area contributed by atoms with Crippen LogP contribution in [0.5, 0.6) is 0 Å². The first kappa shape index (κ1) is 15.7. The normalized spacial score (nSPS) is 10.9. The Bertz CT molecular complexity index is 862. The Morgan fingerprint density at radius 1 is 1.04 bits per heavy atom. The summed E-state index contributed by atoms with van der Waals surface area (Å²) < 4.78 is 5.51. The van der Waals surface area contributed by atoms with Gasteiger partial charge in [-0.2, -0.15) is 0 Å². The number of benzene rings is 2. The Kier molecular flexibility index (Phi) is 4.52. The second-order valence-electron chi connectivity index (χ2n) is 5.52. The first-order valence-electron chi connectivity index (χ1n) is 7.56. The Morgan fingerprint density at radius 3 is 2.46 bits per heavy atom. The first-order chi connectivity index (χ1) is 11.6. The van der Waals surface area contributed by atoms with Crippen molar-refractivity contribution in [2.24, 2.45) is 0 Å². The molecule has 1 amide bonds. The zero-order valence-corrected chi connectivity index (χ0v) is 13.5. The van der Waals surface area contributed by atoms with Gasteiger partial charge in [-0.15, -0.1) is 5.10 Å². The van der Waals surface area contributed by atoms with Gasteiger partial charge in [0.2, 0.25) is 5.89 Å². The van der Waals surface area contributed by atoms with Gasteiger partial charge in [-0.25, -0.2) is 0 Å². The van der Waals surface area contributed by atoms with Crippen LogP contribution in [0.15, 0.2) is 59.0 Å². The number of nitrogens with one attached hydrogen (secondary N) is 1. The van der Waals surface area contributed by atoms with Gasteiger partial charge in [-0.3, -0.25) is 10.1 Å². The van der Waals surface area contributed by atoms with Crippen LogP contribution in [0.1, 0.15) is 16.7 Å². The fourth-order valence-electron chi connectivity index (χ4n) is 2.37. The first-order valence-corrected chi connectivity index (χ1v) is 7.56. The van der Waals surface area contributed by atoms with E-state index in [0.717, 1.165) is 22.3 Å². The third-order valence-electron chi connectivity index (χ3n) is 3.35. The molecule has 0 aliphatic heterocycles. The molecular weight excluding hydrogens is 302 g/mol. The molecule has 2 aromatic carbocycles. The van der Waals surface area contributed by atoms with E-state index in [4.69, 9.17) is 4.42 Å². The van der Waals surface area contributed by atoms with Gasteiger partial charge in [-0.1, -0.05) is 52.6 Å². The van der Waals surface area contributed by atoms with Crippen molar-refractivity contribution in [3.05, 3.63) is 71.3 Å². The third kappa shape index (κ3) is 3.95.